The van der Waals surface area contributed by atoms with Crippen molar-refractivity contribution in [1.82, 2.24) is 4.90 Å². The van der Waals surface area contributed by atoms with Gasteiger partial charge in [-0.3, -0.25) is 14.5 Å². The molecule has 0 bridgehead atoms. The number of likely N-dealkylation sites (tertiary alicyclic amines) is 1. The molecule has 1 unspecified atom stereocenters. The zero-order chi connectivity index (χ0) is 14.7. The summed E-state index contributed by atoms with van der Waals surface area (Å²) in [5, 5.41) is 11.7. The number of hydrogen-bond donors (Lipinski definition) is 2. The monoisotopic (exact) mass is 340 g/mol. The summed E-state index contributed by atoms with van der Waals surface area (Å²) in [6.45, 7) is 3.35. The lowest BCUT2D eigenvalue weighted by atomic mass is 9.87. The number of anilines is 1. The van der Waals surface area contributed by atoms with Crippen molar-refractivity contribution >= 4 is 33.5 Å². The molecule has 1 saturated heterocycles. The van der Waals surface area contributed by atoms with Crippen molar-refractivity contribution in [3.8, 4) is 0 Å². The third-order valence-electron chi connectivity index (χ3n) is 3.56. The van der Waals surface area contributed by atoms with Crippen LogP contribution in [-0.4, -0.2) is 41.5 Å². The fourth-order valence-electron chi connectivity index (χ4n) is 2.23. The Morgan fingerprint density at radius 1 is 1.50 bits per heavy atom. The van der Waals surface area contributed by atoms with Crippen LogP contribution in [0.1, 0.15) is 6.92 Å². The van der Waals surface area contributed by atoms with Gasteiger partial charge in [0, 0.05) is 23.2 Å². The molecule has 20 heavy (non-hydrogen) atoms. The highest BCUT2D eigenvalue weighted by atomic mass is 79.9. The van der Waals surface area contributed by atoms with Gasteiger partial charge in [0.05, 0.1) is 12.5 Å². The summed E-state index contributed by atoms with van der Waals surface area (Å²) in [6.07, 6.45) is 0. The second-order valence-electron chi connectivity index (χ2n) is 5.14. The van der Waals surface area contributed by atoms with Gasteiger partial charge < -0.3 is 10.4 Å². The van der Waals surface area contributed by atoms with E-state index >= 15 is 0 Å². The predicted octanol–water partition coefficient (Wildman–Crippen LogP) is 2.04. The van der Waals surface area contributed by atoms with Gasteiger partial charge in [-0.05, 0) is 24.1 Å². The second-order valence-corrected chi connectivity index (χ2v) is 6.06. The third-order valence-corrected chi connectivity index (χ3v) is 4.05. The first-order valence-electron chi connectivity index (χ1n) is 6.46. The third kappa shape index (κ3) is 3.80. The Bertz CT molecular complexity index is 515. The van der Waals surface area contributed by atoms with Crippen molar-refractivity contribution in [2.45, 2.75) is 6.92 Å². The maximum absolute atomic E-state index is 11.9. The van der Waals surface area contributed by atoms with E-state index in [2.05, 4.69) is 21.2 Å². The molecule has 2 N–H and O–H groups in total. The average Bonchev–Trinajstić information content (AvgIpc) is 2.32. The van der Waals surface area contributed by atoms with Gasteiger partial charge in [-0.2, -0.15) is 0 Å². The number of carbonyl (C=O) groups excluding carboxylic acids is 1. The van der Waals surface area contributed by atoms with Crippen LogP contribution >= 0.6 is 15.9 Å². The standard InChI is InChI=1S/C14H17BrN2O3/c1-9(14(19)20)10-6-17(7-10)8-13(18)16-12-4-2-3-11(15)5-12/h2-5,9-10H,6-8H2,1H3,(H,16,18)(H,19,20). The number of benzene rings is 1. The molecule has 1 heterocycles. The lowest BCUT2D eigenvalue weighted by molar-refractivity contribution is -0.145. The number of halogens is 1. The first-order valence-corrected chi connectivity index (χ1v) is 7.25. The van der Waals surface area contributed by atoms with Gasteiger partial charge in [-0.25, -0.2) is 0 Å². The van der Waals surface area contributed by atoms with E-state index in [1.807, 2.05) is 29.2 Å². The Hall–Kier alpha value is -1.40. The second kappa shape index (κ2) is 6.37. The molecule has 1 aliphatic heterocycles. The number of amides is 1. The molecule has 0 aliphatic carbocycles. The van der Waals surface area contributed by atoms with Crippen LogP contribution in [0, 0.1) is 11.8 Å². The van der Waals surface area contributed by atoms with Crippen LogP contribution in [0.4, 0.5) is 5.69 Å². The van der Waals surface area contributed by atoms with E-state index in [9.17, 15) is 9.59 Å². The van der Waals surface area contributed by atoms with Crippen LogP contribution < -0.4 is 5.32 Å². The lowest BCUT2D eigenvalue weighted by Crippen LogP contribution is -2.53. The molecule has 2 rings (SSSR count). The molecule has 0 saturated carbocycles. The van der Waals surface area contributed by atoms with Crippen molar-refractivity contribution < 1.29 is 14.7 Å². The summed E-state index contributed by atoms with van der Waals surface area (Å²) in [4.78, 5) is 24.6. The summed E-state index contributed by atoms with van der Waals surface area (Å²) in [5.41, 5.74) is 0.750. The van der Waals surface area contributed by atoms with Gasteiger partial charge >= 0.3 is 5.97 Å². The average molecular weight is 341 g/mol. The number of rotatable bonds is 5. The highest BCUT2D eigenvalue weighted by Crippen LogP contribution is 2.23. The Morgan fingerprint density at radius 2 is 2.20 bits per heavy atom. The minimum atomic E-state index is -0.770. The van der Waals surface area contributed by atoms with E-state index in [0.717, 1.165) is 10.2 Å². The van der Waals surface area contributed by atoms with Crippen molar-refractivity contribution in [3.05, 3.63) is 28.7 Å². The number of carbonyl (C=O) groups is 2. The Labute approximate surface area is 126 Å². The zero-order valence-electron chi connectivity index (χ0n) is 11.2. The minimum Gasteiger partial charge on any atom is -0.481 e. The largest absolute Gasteiger partial charge is 0.481 e. The van der Waals surface area contributed by atoms with Crippen LogP contribution in [0.2, 0.25) is 0 Å². The first-order chi connectivity index (χ1) is 9.45. The SMILES string of the molecule is CC(C(=O)O)C1CN(CC(=O)Nc2cccc(Br)c2)C1. The molecule has 108 valence electrons. The van der Waals surface area contributed by atoms with E-state index < -0.39 is 5.97 Å². The van der Waals surface area contributed by atoms with Crippen molar-refractivity contribution in [2.75, 3.05) is 25.0 Å². The highest BCUT2D eigenvalue weighted by molar-refractivity contribution is 9.10. The van der Waals surface area contributed by atoms with Crippen LogP contribution in [0.25, 0.3) is 0 Å². The van der Waals surface area contributed by atoms with E-state index in [1.54, 1.807) is 6.92 Å². The minimum absolute atomic E-state index is 0.0791. The van der Waals surface area contributed by atoms with Crippen molar-refractivity contribution in [1.29, 1.82) is 0 Å². The van der Waals surface area contributed by atoms with Crippen LogP contribution in [0.15, 0.2) is 28.7 Å². The molecule has 1 fully saturated rings. The van der Waals surface area contributed by atoms with E-state index in [0.29, 0.717) is 19.6 Å². The molecule has 6 heteroatoms. The van der Waals surface area contributed by atoms with E-state index in [-0.39, 0.29) is 17.7 Å². The molecule has 5 nitrogen and oxygen atoms in total. The van der Waals surface area contributed by atoms with E-state index in [4.69, 9.17) is 5.11 Å². The predicted molar refractivity (Wildman–Crippen MR) is 79.5 cm³/mol. The van der Waals surface area contributed by atoms with Gasteiger partial charge in [-0.15, -0.1) is 0 Å². The summed E-state index contributed by atoms with van der Waals surface area (Å²) in [7, 11) is 0. The van der Waals surface area contributed by atoms with Gasteiger partial charge in [0.15, 0.2) is 0 Å². The van der Waals surface area contributed by atoms with Gasteiger partial charge in [0.25, 0.3) is 0 Å². The Kier molecular flexibility index (Phi) is 4.77. The van der Waals surface area contributed by atoms with Crippen LogP contribution in [-0.2, 0) is 9.59 Å². The number of nitrogens with one attached hydrogen (secondary N) is 1. The smallest absolute Gasteiger partial charge is 0.306 e. The number of aliphatic carboxylic acids is 1. The molecule has 0 radical (unpaired) electrons. The number of carboxylic acid groups (broad SMARTS) is 1. The summed E-state index contributed by atoms with van der Waals surface area (Å²) >= 11 is 3.35. The molecule has 1 aromatic carbocycles. The van der Waals surface area contributed by atoms with Gasteiger partial charge in [0.2, 0.25) is 5.91 Å². The first kappa shape index (κ1) is 15.0. The summed E-state index contributed by atoms with van der Waals surface area (Å²) in [5.74, 6) is -1.05. The van der Waals surface area contributed by atoms with Crippen molar-refractivity contribution in [2.24, 2.45) is 11.8 Å². The molecular formula is C14H17BrN2O3. The van der Waals surface area contributed by atoms with E-state index in [1.165, 1.54) is 0 Å². The maximum atomic E-state index is 11.9. The molecule has 1 aromatic rings. The molecule has 0 spiro atoms. The number of hydrogen-bond acceptors (Lipinski definition) is 3. The summed E-state index contributed by atoms with van der Waals surface area (Å²) in [6, 6.07) is 7.41. The van der Waals surface area contributed by atoms with Crippen LogP contribution in [0.5, 0.6) is 0 Å². The highest BCUT2D eigenvalue weighted by Gasteiger charge is 2.35. The maximum Gasteiger partial charge on any atom is 0.306 e. The molecular weight excluding hydrogens is 324 g/mol. The number of nitrogens with zero attached hydrogens (tertiary/aromatic N) is 1. The molecule has 1 aliphatic rings. The van der Waals surface area contributed by atoms with Gasteiger partial charge in [0.1, 0.15) is 0 Å². The quantitative estimate of drug-likeness (QED) is 0.860. The molecule has 0 aromatic heterocycles. The summed E-state index contributed by atoms with van der Waals surface area (Å²) < 4.78 is 0.912. The van der Waals surface area contributed by atoms with Gasteiger partial charge in [-0.1, -0.05) is 28.9 Å². The zero-order valence-corrected chi connectivity index (χ0v) is 12.8. The molecule has 1 atom stereocenters. The topological polar surface area (TPSA) is 69.6 Å². The van der Waals surface area contributed by atoms with Crippen molar-refractivity contribution in [3.63, 3.8) is 0 Å². The fraction of sp³-hybridized carbons (Fsp3) is 0.429. The Morgan fingerprint density at radius 3 is 2.80 bits per heavy atom. The van der Waals surface area contributed by atoms with Crippen LogP contribution in [0.3, 0.4) is 0 Å². The molecule has 1 amide bonds. The fourth-order valence-corrected chi connectivity index (χ4v) is 2.63. The normalized spacial score (nSPS) is 17.3. The Balaban J connectivity index is 1.76. The lowest BCUT2D eigenvalue weighted by Gasteiger charge is -2.40. The number of carboxylic acids is 1.